The fourth-order valence-electron chi connectivity index (χ4n) is 6.20. The number of rotatable bonds is 6. The van der Waals surface area contributed by atoms with E-state index in [0.717, 1.165) is 45.1 Å². The Labute approximate surface area is 275 Å². The predicted molar refractivity (Wildman–Crippen MR) is 170 cm³/mol. The summed E-state index contributed by atoms with van der Waals surface area (Å²) in [6.07, 6.45) is 4.99. The molecule has 1 aliphatic heterocycles. The van der Waals surface area contributed by atoms with Crippen molar-refractivity contribution in [2.45, 2.75) is 5.41 Å². The third-order valence-corrected chi connectivity index (χ3v) is 7.97. The van der Waals surface area contributed by atoms with Crippen LogP contribution in [0.15, 0.2) is 152 Å². The average molecular weight is 763 g/mol. The van der Waals surface area contributed by atoms with Crippen LogP contribution in [0.3, 0.4) is 0 Å². The van der Waals surface area contributed by atoms with E-state index in [0.29, 0.717) is 11.5 Å². The number of ether oxygens (including phenoxy) is 1. The molecule has 0 N–H and O–H groups in total. The summed E-state index contributed by atoms with van der Waals surface area (Å²) in [5, 5.41) is 4.22. The Morgan fingerprint density at radius 3 is 1.98 bits per heavy atom. The number of pyridine rings is 1. The zero-order valence-electron chi connectivity index (χ0n) is 23.9. The van der Waals surface area contributed by atoms with Gasteiger partial charge in [0.15, 0.2) is 0 Å². The van der Waals surface area contributed by atoms with Gasteiger partial charge in [-0.1, -0.05) is 60.7 Å². The van der Waals surface area contributed by atoms with E-state index in [2.05, 4.69) is 112 Å². The number of nitrogens with zero attached hydrogens (tertiary/aromatic N) is 5. The number of aromatic nitrogens is 4. The summed E-state index contributed by atoms with van der Waals surface area (Å²) < 4.78 is 8.04. The van der Waals surface area contributed by atoms with Crippen molar-refractivity contribution in [2.75, 3.05) is 4.90 Å². The first-order valence-corrected chi connectivity index (χ1v) is 14.4. The molecule has 218 valence electrons. The molecule has 6 nitrogen and oxygen atoms in total. The van der Waals surface area contributed by atoms with Gasteiger partial charge in [0, 0.05) is 23.4 Å². The van der Waals surface area contributed by atoms with E-state index in [1.54, 1.807) is 11.0 Å². The Balaban J connectivity index is 0.00000325. The van der Waals surface area contributed by atoms with E-state index in [4.69, 9.17) is 9.72 Å². The molecule has 0 aliphatic carbocycles. The molecule has 0 saturated carbocycles. The van der Waals surface area contributed by atoms with Crippen LogP contribution >= 0.6 is 0 Å². The molecule has 3 heterocycles. The molecular formula is C38H25N5OPt. The van der Waals surface area contributed by atoms with Gasteiger partial charge in [-0.05, 0) is 53.2 Å². The molecule has 8 rings (SSSR count). The first-order valence-electron chi connectivity index (χ1n) is 14.4. The van der Waals surface area contributed by atoms with Crippen LogP contribution in [-0.4, -0.2) is 19.7 Å². The maximum Gasteiger partial charge on any atom is 2.00 e. The number of hydrogen-bond acceptors (Lipinski definition) is 5. The Bertz CT molecular complexity index is 2020. The minimum absolute atomic E-state index is 0. The summed E-state index contributed by atoms with van der Waals surface area (Å²) in [5.41, 5.74) is 7.25. The molecule has 45 heavy (non-hydrogen) atoms. The fourth-order valence-corrected chi connectivity index (χ4v) is 6.20. The van der Waals surface area contributed by atoms with Crippen molar-refractivity contribution in [2.24, 2.45) is 0 Å². The minimum Gasteiger partial charge on any atom is -0.509 e. The molecule has 5 aromatic carbocycles. The van der Waals surface area contributed by atoms with Crippen LogP contribution in [0.1, 0.15) is 22.4 Å². The molecule has 1 aliphatic rings. The smallest absolute Gasteiger partial charge is 0.509 e. The number of benzene rings is 5. The number of fused-ring (bicyclic) bond motifs is 2. The number of hydrogen-bond donors (Lipinski definition) is 0. The first kappa shape index (κ1) is 28.4. The Morgan fingerprint density at radius 2 is 1.29 bits per heavy atom. The molecule has 0 amide bonds. The van der Waals surface area contributed by atoms with Crippen LogP contribution in [0.5, 0.6) is 11.5 Å². The fraction of sp³-hybridized carbons (Fsp3) is 0.0263. The van der Waals surface area contributed by atoms with Crippen LogP contribution < -0.4 is 9.64 Å². The monoisotopic (exact) mass is 762 g/mol. The zero-order valence-corrected chi connectivity index (χ0v) is 26.2. The zero-order chi connectivity index (χ0) is 29.3. The predicted octanol–water partition coefficient (Wildman–Crippen LogP) is 8.22. The van der Waals surface area contributed by atoms with Gasteiger partial charge in [-0.25, -0.2) is 9.67 Å². The molecule has 2 aromatic heterocycles. The molecule has 0 unspecified atom stereocenters. The summed E-state index contributed by atoms with van der Waals surface area (Å²) in [5.74, 6) is 1.13. The summed E-state index contributed by atoms with van der Waals surface area (Å²) in [4.78, 5) is 11.4. The molecule has 7 heteroatoms. The van der Waals surface area contributed by atoms with Gasteiger partial charge in [0.2, 0.25) is 0 Å². The maximum absolute atomic E-state index is 6.39. The van der Waals surface area contributed by atoms with E-state index in [-0.39, 0.29) is 21.1 Å². The minimum atomic E-state index is -0.772. The van der Waals surface area contributed by atoms with E-state index in [1.807, 2.05) is 54.7 Å². The van der Waals surface area contributed by atoms with Crippen LogP contribution in [0.2, 0.25) is 0 Å². The average Bonchev–Trinajstić information content (AvgIpc) is 3.64. The molecule has 0 saturated heterocycles. The van der Waals surface area contributed by atoms with Crippen LogP contribution in [0, 0.1) is 12.1 Å². The van der Waals surface area contributed by atoms with Crippen molar-refractivity contribution in [3.63, 3.8) is 0 Å². The van der Waals surface area contributed by atoms with Gasteiger partial charge in [-0.15, -0.1) is 35.9 Å². The molecular weight excluding hydrogens is 738 g/mol. The number of anilines is 3. The Morgan fingerprint density at radius 1 is 0.622 bits per heavy atom. The third kappa shape index (κ3) is 4.84. The van der Waals surface area contributed by atoms with Gasteiger partial charge in [0.25, 0.3) is 0 Å². The largest absolute Gasteiger partial charge is 2.00 e. The Kier molecular flexibility index (Phi) is 7.58. The second-order valence-electron chi connectivity index (χ2n) is 10.4. The van der Waals surface area contributed by atoms with Crippen molar-refractivity contribution >= 4 is 17.1 Å². The van der Waals surface area contributed by atoms with Crippen LogP contribution in [-0.2, 0) is 26.5 Å². The summed E-state index contributed by atoms with van der Waals surface area (Å²) in [6, 6.07) is 52.4. The van der Waals surface area contributed by atoms with Gasteiger partial charge in [-0.2, -0.15) is 23.3 Å². The van der Waals surface area contributed by atoms with Gasteiger partial charge in [-0.3, -0.25) is 4.98 Å². The van der Waals surface area contributed by atoms with E-state index < -0.39 is 5.41 Å². The quantitative estimate of drug-likeness (QED) is 0.160. The SMILES string of the molecule is [Pt+2].[c-]1c(Oc2[c-]c(C3(c4ccccn4)c4ccccc4N(c4ccccc4)c4ccccc43)ccc2)cccc1-n1cncn1. The van der Waals surface area contributed by atoms with Gasteiger partial charge < -0.3 is 9.64 Å². The summed E-state index contributed by atoms with van der Waals surface area (Å²) in [7, 11) is 0. The van der Waals surface area contributed by atoms with Crippen LogP contribution in [0.4, 0.5) is 17.1 Å². The molecule has 0 atom stereocenters. The van der Waals surface area contributed by atoms with E-state index in [9.17, 15) is 0 Å². The topological polar surface area (TPSA) is 56.1 Å². The van der Waals surface area contributed by atoms with Gasteiger partial charge >= 0.3 is 21.1 Å². The molecule has 7 aromatic rings. The van der Waals surface area contributed by atoms with Gasteiger partial charge in [0.1, 0.15) is 12.7 Å². The first-order chi connectivity index (χ1) is 21.8. The van der Waals surface area contributed by atoms with E-state index >= 15 is 0 Å². The summed E-state index contributed by atoms with van der Waals surface area (Å²) in [6.45, 7) is 0. The number of para-hydroxylation sites is 3. The molecule has 0 radical (unpaired) electrons. The third-order valence-electron chi connectivity index (χ3n) is 7.97. The van der Waals surface area contributed by atoms with Gasteiger partial charge in [0.05, 0.1) is 22.5 Å². The second-order valence-corrected chi connectivity index (χ2v) is 10.4. The molecule has 0 spiro atoms. The van der Waals surface area contributed by atoms with Crippen molar-refractivity contribution in [3.8, 4) is 17.2 Å². The maximum atomic E-state index is 6.39. The van der Waals surface area contributed by atoms with Crippen molar-refractivity contribution < 1.29 is 25.8 Å². The normalized spacial score (nSPS) is 12.8. The van der Waals surface area contributed by atoms with E-state index in [1.165, 1.54) is 6.33 Å². The van der Waals surface area contributed by atoms with Crippen molar-refractivity contribution in [3.05, 3.63) is 187 Å². The van der Waals surface area contributed by atoms with Crippen molar-refractivity contribution in [1.29, 1.82) is 0 Å². The molecule has 0 fully saturated rings. The molecule has 0 bridgehead atoms. The second kappa shape index (κ2) is 12.0. The van der Waals surface area contributed by atoms with Crippen molar-refractivity contribution in [1.82, 2.24) is 19.7 Å². The summed E-state index contributed by atoms with van der Waals surface area (Å²) >= 11 is 0. The standard InChI is InChI=1S/C38H25N5O.Pt/c1-2-13-29(14-3-1)43-35-20-6-4-18-33(35)38(37-22-8-9-23-40-37,34-19-5-7-21-36(34)43)28-12-10-16-31(24-28)44-32-17-11-15-30(25-32)42-27-39-26-41-42;/h1-23,26-27H;/q-2;+2. The van der Waals surface area contributed by atoms with Crippen LogP contribution in [0.25, 0.3) is 5.69 Å². The Hall–Kier alpha value is -5.32.